The van der Waals surface area contributed by atoms with Gasteiger partial charge in [0.05, 0.1) is 11.3 Å². The molecule has 0 spiro atoms. The highest BCUT2D eigenvalue weighted by Gasteiger charge is 2.34. The topological polar surface area (TPSA) is 67.9 Å². The number of fused-ring (bicyclic) bond motifs is 1. The van der Waals surface area contributed by atoms with E-state index in [1.54, 1.807) is 11.0 Å². The molecule has 0 atom stereocenters. The van der Waals surface area contributed by atoms with E-state index in [2.05, 4.69) is 12.1 Å². The van der Waals surface area contributed by atoms with Crippen molar-refractivity contribution < 1.29 is 4.79 Å². The Morgan fingerprint density at radius 2 is 1.62 bits per heavy atom. The first-order valence-corrected chi connectivity index (χ1v) is 7.76. The van der Waals surface area contributed by atoms with Gasteiger partial charge in [0.25, 0.3) is 5.91 Å². The van der Waals surface area contributed by atoms with Gasteiger partial charge in [0.15, 0.2) is 0 Å². The minimum absolute atomic E-state index is 0.127. The molecule has 24 heavy (non-hydrogen) atoms. The predicted octanol–water partition coefficient (Wildman–Crippen LogP) is 3.47. The van der Waals surface area contributed by atoms with Crippen LogP contribution in [0.5, 0.6) is 0 Å². The van der Waals surface area contributed by atoms with E-state index in [9.17, 15) is 4.79 Å². The zero-order valence-electron chi connectivity index (χ0n) is 13.1. The molecule has 1 aliphatic heterocycles. The molecule has 3 rings (SSSR count). The van der Waals surface area contributed by atoms with E-state index in [0.717, 1.165) is 18.5 Å². The van der Waals surface area contributed by atoms with Crippen molar-refractivity contribution in [3.05, 3.63) is 71.3 Å². The number of amides is 1. The van der Waals surface area contributed by atoms with Gasteiger partial charge in [-0.15, -0.1) is 0 Å². The lowest BCUT2D eigenvalue weighted by atomic mass is 10.0. The van der Waals surface area contributed by atoms with Gasteiger partial charge in [-0.25, -0.2) is 0 Å². The van der Waals surface area contributed by atoms with Crippen LogP contribution in [0.25, 0.3) is 5.57 Å². The third-order valence-corrected chi connectivity index (χ3v) is 4.09. The third kappa shape index (κ3) is 2.78. The summed E-state index contributed by atoms with van der Waals surface area (Å²) in [6.07, 6.45) is 1.68. The monoisotopic (exact) mass is 313 g/mol. The molecule has 2 aromatic carbocycles. The van der Waals surface area contributed by atoms with Gasteiger partial charge in [-0.3, -0.25) is 4.79 Å². The van der Waals surface area contributed by atoms with Gasteiger partial charge in [0.1, 0.15) is 17.7 Å². The number of para-hydroxylation sites is 1. The summed E-state index contributed by atoms with van der Waals surface area (Å²) < 4.78 is 0. The molecule has 2 aromatic rings. The molecule has 4 heteroatoms. The van der Waals surface area contributed by atoms with Crippen molar-refractivity contribution in [2.24, 2.45) is 0 Å². The Labute approximate surface area is 140 Å². The van der Waals surface area contributed by atoms with E-state index in [0.29, 0.717) is 12.1 Å². The van der Waals surface area contributed by atoms with Crippen LogP contribution in [-0.4, -0.2) is 12.5 Å². The number of hydrogen-bond donors (Lipinski definition) is 0. The van der Waals surface area contributed by atoms with Crippen molar-refractivity contribution in [1.82, 2.24) is 0 Å². The van der Waals surface area contributed by atoms with Crippen molar-refractivity contribution >= 4 is 17.2 Å². The maximum absolute atomic E-state index is 12.7. The Bertz CT molecular complexity index is 869. The summed E-state index contributed by atoms with van der Waals surface area (Å²) in [6.45, 7) is 0.554. The molecule has 0 bridgehead atoms. The minimum Gasteiger partial charge on any atom is -0.308 e. The SMILES string of the molecule is N#CC(C#N)=C1C(=O)N(CCCc2ccccc2)c2ccccc21. The first-order chi connectivity index (χ1) is 11.8. The smallest absolute Gasteiger partial charge is 0.261 e. The lowest BCUT2D eigenvalue weighted by molar-refractivity contribution is -0.113. The summed E-state index contributed by atoms with van der Waals surface area (Å²) in [4.78, 5) is 14.4. The molecular weight excluding hydrogens is 298 g/mol. The molecule has 1 aliphatic rings. The number of nitrogens with zero attached hydrogens (tertiary/aromatic N) is 3. The van der Waals surface area contributed by atoms with Crippen LogP contribution < -0.4 is 4.90 Å². The molecule has 116 valence electrons. The van der Waals surface area contributed by atoms with Crippen LogP contribution in [0.2, 0.25) is 0 Å². The van der Waals surface area contributed by atoms with E-state index in [-0.39, 0.29) is 17.1 Å². The minimum atomic E-state index is -0.262. The molecule has 0 aromatic heterocycles. The maximum Gasteiger partial charge on any atom is 0.261 e. The molecule has 1 heterocycles. The number of carbonyl (C=O) groups excluding carboxylic acids is 1. The van der Waals surface area contributed by atoms with Gasteiger partial charge in [0, 0.05) is 12.1 Å². The van der Waals surface area contributed by atoms with Gasteiger partial charge in [-0.1, -0.05) is 48.5 Å². The van der Waals surface area contributed by atoms with Gasteiger partial charge >= 0.3 is 0 Å². The van der Waals surface area contributed by atoms with Crippen molar-refractivity contribution in [2.45, 2.75) is 12.8 Å². The second-order valence-electron chi connectivity index (χ2n) is 5.54. The molecule has 0 radical (unpaired) electrons. The average Bonchev–Trinajstić information content (AvgIpc) is 2.90. The van der Waals surface area contributed by atoms with E-state index >= 15 is 0 Å². The fourth-order valence-corrected chi connectivity index (χ4v) is 2.97. The Balaban J connectivity index is 1.85. The number of hydrogen-bond acceptors (Lipinski definition) is 3. The molecule has 0 saturated heterocycles. The molecule has 1 amide bonds. The number of aryl methyl sites for hydroxylation is 1. The number of benzene rings is 2. The van der Waals surface area contributed by atoms with E-state index in [1.165, 1.54) is 5.56 Å². The van der Waals surface area contributed by atoms with E-state index < -0.39 is 0 Å². The number of anilines is 1. The van der Waals surface area contributed by atoms with Crippen LogP contribution in [0.1, 0.15) is 17.5 Å². The zero-order chi connectivity index (χ0) is 16.9. The summed E-state index contributed by atoms with van der Waals surface area (Å²) in [6, 6.07) is 21.1. The van der Waals surface area contributed by atoms with Gasteiger partial charge < -0.3 is 4.90 Å². The summed E-state index contributed by atoms with van der Waals surface area (Å²) in [5, 5.41) is 18.3. The normalized spacial score (nSPS) is 12.5. The molecule has 0 saturated carbocycles. The Hall–Kier alpha value is -3.37. The van der Waals surface area contributed by atoms with E-state index in [4.69, 9.17) is 10.5 Å². The average molecular weight is 313 g/mol. The number of nitriles is 2. The molecule has 0 N–H and O–H groups in total. The first kappa shape index (κ1) is 15.5. The highest BCUT2D eigenvalue weighted by molar-refractivity contribution is 6.34. The van der Waals surface area contributed by atoms with Crippen LogP contribution in [-0.2, 0) is 11.2 Å². The van der Waals surface area contributed by atoms with Gasteiger partial charge in [-0.05, 0) is 24.5 Å². The molecule has 0 unspecified atom stereocenters. The quantitative estimate of drug-likeness (QED) is 0.641. The van der Waals surface area contributed by atoms with Gasteiger partial charge in [0.2, 0.25) is 0 Å². The van der Waals surface area contributed by atoms with Crippen molar-refractivity contribution in [2.75, 3.05) is 11.4 Å². The maximum atomic E-state index is 12.7. The van der Waals surface area contributed by atoms with Crippen LogP contribution in [0.15, 0.2) is 60.2 Å². The highest BCUT2D eigenvalue weighted by Crippen LogP contribution is 2.38. The fourth-order valence-electron chi connectivity index (χ4n) is 2.97. The molecule has 4 nitrogen and oxygen atoms in total. The van der Waals surface area contributed by atoms with E-state index in [1.807, 2.05) is 48.5 Å². The molecular formula is C20H15N3O. The summed E-state index contributed by atoms with van der Waals surface area (Å²) >= 11 is 0. The summed E-state index contributed by atoms with van der Waals surface area (Å²) in [5.74, 6) is -0.262. The lowest BCUT2D eigenvalue weighted by Crippen LogP contribution is -2.28. The first-order valence-electron chi connectivity index (χ1n) is 7.76. The van der Waals surface area contributed by atoms with Crippen LogP contribution in [0.3, 0.4) is 0 Å². The largest absolute Gasteiger partial charge is 0.308 e. The molecule has 0 aliphatic carbocycles. The third-order valence-electron chi connectivity index (χ3n) is 4.09. The Kier molecular flexibility index (Phi) is 4.40. The van der Waals surface area contributed by atoms with Crippen LogP contribution in [0, 0.1) is 22.7 Å². The standard InChI is InChI=1S/C20H15N3O/c21-13-16(14-22)19-17-10-4-5-11-18(17)23(20(19)24)12-6-9-15-7-2-1-3-8-15/h1-5,7-8,10-11H,6,9,12H2. The summed E-state index contributed by atoms with van der Waals surface area (Å²) in [7, 11) is 0. The summed E-state index contributed by atoms with van der Waals surface area (Å²) in [5.41, 5.74) is 2.75. The number of allylic oxidation sites excluding steroid dienone is 1. The van der Waals surface area contributed by atoms with Gasteiger partial charge in [-0.2, -0.15) is 10.5 Å². The number of rotatable bonds is 4. The highest BCUT2D eigenvalue weighted by atomic mass is 16.2. The predicted molar refractivity (Wildman–Crippen MR) is 91.7 cm³/mol. The van der Waals surface area contributed by atoms with Crippen molar-refractivity contribution in [3.8, 4) is 12.1 Å². The van der Waals surface area contributed by atoms with Crippen LogP contribution >= 0.6 is 0 Å². The lowest BCUT2D eigenvalue weighted by Gasteiger charge is -2.17. The second kappa shape index (κ2) is 6.81. The van der Waals surface area contributed by atoms with Crippen molar-refractivity contribution in [1.29, 1.82) is 10.5 Å². The van der Waals surface area contributed by atoms with Crippen LogP contribution in [0.4, 0.5) is 5.69 Å². The fraction of sp³-hybridized carbons (Fsp3) is 0.150. The molecule has 0 fully saturated rings. The Morgan fingerprint density at radius 1 is 0.958 bits per heavy atom. The van der Waals surface area contributed by atoms with Crippen molar-refractivity contribution in [3.63, 3.8) is 0 Å². The Morgan fingerprint density at radius 3 is 2.33 bits per heavy atom. The number of carbonyl (C=O) groups is 1. The second-order valence-corrected chi connectivity index (χ2v) is 5.54. The zero-order valence-corrected chi connectivity index (χ0v) is 13.1.